The minimum Gasteiger partial charge on any atom is -0.462 e. The van der Waals surface area contributed by atoms with Gasteiger partial charge in [-0.3, -0.25) is 14.6 Å². The fraction of sp³-hybridized carbons (Fsp3) is 0.414. The molecule has 0 bridgehead atoms. The molecule has 3 atom stereocenters. The van der Waals surface area contributed by atoms with E-state index in [9.17, 15) is 9.59 Å². The number of hydrogen-bond donors (Lipinski definition) is 0. The normalized spacial score (nSPS) is 25.2. The second-order valence-corrected chi connectivity index (χ2v) is 10.7. The van der Waals surface area contributed by atoms with Crippen molar-refractivity contribution in [2.45, 2.75) is 69.8 Å². The highest BCUT2D eigenvalue weighted by Crippen LogP contribution is 2.47. The van der Waals surface area contributed by atoms with Crippen molar-refractivity contribution in [3.05, 3.63) is 81.0 Å². The molecule has 0 amide bonds. The molecule has 2 aliphatic carbocycles. The molecule has 0 aromatic heterocycles. The molecule has 1 saturated carbocycles. The molecule has 0 N–H and O–H groups in total. The van der Waals surface area contributed by atoms with Crippen LogP contribution in [0.15, 0.2) is 64.8 Å². The van der Waals surface area contributed by atoms with Gasteiger partial charge in [0.1, 0.15) is 12.0 Å². The minimum atomic E-state index is -0.662. The summed E-state index contributed by atoms with van der Waals surface area (Å²) in [6.07, 6.45) is 6.07. The van der Waals surface area contributed by atoms with Crippen molar-refractivity contribution in [2.24, 2.45) is 10.9 Å². The Hall–Kier alpha value is -2.43. The van der Waals surface area contributed by atoms with Crippen LogP contribution >= 0.6 is 23.2 Å². The molecule has 1 heterocycles. The highest BCUT2D eigenvalue weighted by atomic mass is 35.5. The van der Waals surface area contributed by atoms with E-state index in [1.54, 1.807) is 12.1 Å². The van der Waals surface area contributed by atoms with Crippen LogP contribution in [0.3, 0.4) is 0 Å². The van der Waals surface area contributed by atoms with Crippen molar-refractivity contribution in [2.75, 3.05) is 0 Å². The molecule has 3 aliphatic rings. The highest BCUT2D eigenvalue weighted by molar-refractivity contribution is 6.42. The van der Waals surface area contributed by atoms with Gasteiger partial charge in [-0.2, -0.15) is 0 Å². The molecule has 0 radical (unpaired) electrons. The smallest absolute Gasteiger partial charge is 0.315 e. The Morgan fingerprint density at radius 2 is 1.69 bits per heavy atom. The van der Waals surface area contributed by atoms with Crippen LogP contribution in [0.1, 0.15) is 74.8 Å². The first kappa shape index (κ1) is 24.3. The van der Waals surface area contributed by atoms with Crippen molar-refractivity contribution in [1.29, 1.82) is 0 Å². The summed E-state index contributed by atoms with van der Waals surface area (Å²) in [5.74, 6) is -1.36. The van der Waals surface area contributed by atoms with Gasteiger partial charge in [-0.05, 0) is 68.2 Å². The van der Waals surface area contributed by atoms with Gasteiger partial charge in [0.05, 0.1) is 10.0 Å². The molecule has 35 heavy (non-hydrogen) atoms. The summed E-state index contributed by atoms with van der Waals surface area (Å²) >= 11 is 12.6. The Bertz CT molecular complexity index is 1200. The number of Topliss-reactive ketones (excluding diaryl/α,β-unsaturated/α-hetero) is 1. The van der Waals surface area contributed by atoms with E-state index in [1.807, 2.05) is 31.2 Å². The van der Waals surface area contributed by atoms with Gasteiger partial charge in [0.15, 0.2) is 5.78 Å². The number of halogens is 2. The van der Waals surface area contributed by atoms with E-state index in [0.29, 0.717) is 34.2 Å². The van der Waals surface area contributed by atoms with Gasteiger partial charge < -0.3 is 4.74 Å². The van der Waals surface area contributed by atoms with E-state index < -0.39 is 11.8 Å². The van der Waals surface area contributed by atoms with E-state index in [2.05, 4.69) is 12.1 Å². The zero-order valence-corrected chi connectivity index (χ0v) is 21.3. The number of aliphatic imine (C=N–C) groups is 1. The summed E-state index contributed by atoms with van der Waals surface area (Å²) in [6, 6.07) is 15.4. The molecule has 4 nitrogen and oxygen atoms in total. The molecular formula is C29H29Cl2NO3. The Morgan fingerprint density at radius 1 is 0.943 bits per heavy atom. The topological polar surface area (TPSA) is 55.7 Å². The zero-order valence-electron chi connectivity index (χ0n) is 19.8. The van der Waals surface area contributed by atoms with Crippen LogP contribution in [-0.4, -0.2) is 23.6 Å². The lowest BCUT2D eigenvalue weighted by molar-refractivity contribution is -0.153. The Labute approximate surface area is 216 Å². The maximum Gasteiger partial charge on any atom is 0.315 e. The van der Waals surface area contributed by atoms with Crippen LogP contribution in [-0.2, 0) is 14.3 Å². The summed E-state index contributed by atoms with van der Waals surface area (Å²) in [5.41, 5.74) is 3.99. The number of hydrogen-bond acceptors (Lipinski definition) is 4. The number of nitrogens with zero attached hydrogens (tertiary/aromatic N) is 1. The number of ether oxygens (including phenoxy) is 1. The van der Waals surface area contributed by atoms with Crippen molar-refractivity contribution in [1.82, 2.24) is 0 Å². The standard InChI is InChI=1S/C29H29Cl2NO3/c1-17-26(29(34)35-21-10-6-3-7-11-21)27(19-12-13-22(30)23(31)14-19)28-24(32-17)15-20(16-25(28)33)18-8-4-2-5-9-18/h2,4-5,8-9,12-14,20-21,26-27H,3,6-7,10-11,15-16H2,1H3. The van der Waals surface area contributed by atoms with E-state index in [1.165, 1.54) is 6.42 Å². The van der Waals surface area contributed by atoms with Gasteiger partial charge in [0.2, 0.25) is 0 Å². The average Bonchev–Trinajstić information content (AvgIpc) is 2.86. The van der Waals surface area contributed by atoms with Gasteiger partial charge in [-0.25, -0.2) is 0 Å². The molecule has 2 aromatic carbocycles. The highest BCUT2D eigenvalue weighted by Gasteiger charge is 2.45. The van der Waals surface area contributed by atoms with Gasteiger partial charge in [0.25, 0.3) is 0 Å². The fourth-order valence-corrected chi connectivity index (χ4v) is 6.12. The van der Waals surface area contributed by atoms with Crippen LogP contribution in [0.4, 0.5) is 0 Å². The van der Waals surface area contributed by atoms with Crippen LogP contribution in [0, 0.1) is 5.92 Å². The zero-order chi connectivity index (χ0) is 24.5. The van der Waals surface area contributed by atoms with Crippen LogP contribution in [0.5, 0.6) is 0 Å². The monoisotopic (exact) mass is 509 g/mol. The van der Waals surface area contributed by atoms with Gasteiger partial charge in [-0.1, -0.05) is 66.0 Å². The maximum absolute atomic E-state index is 13.7. The number of ketones is 1. The lowest BCUT2D eigenvalue weighted by Crippen LogP contribution is -2.39. The third-order valence-electron chi connectivity index (χ3n) is 7.55. The minimum absolute atomic E-state index is 0.0305. The molecule has 0 spiro atoms. The molecule has 6 heteroatoms. The van der Waals surface area contributed by atoms with Crippen molar-refractivity contribution >= 4 is 40.7 Å². The van der Waals surface area contributed by atoms with Gasteiger partial charge in [0, 0.05) is 29.3 Å². The number of rotatable bonds is 4. The molecule has 5 rings (SSSR count). The Balaban J connectivity index is 1.54. The summed E-state index contributed by atoms with van der Waals surface area (Å²) < 4.78 is 6.00. The molecule has 182 valence electrons. The molecular weight excluding hydrogens is 481 g/mol. The van der Waals surface area contributed by atoms with Gasteiger partial charge >= 0.3 is 5.97 Å². The van der Waals surface area contributed by atoms with E-state index >= 15 is 0 Å². The van der Waals surface area contributed by atoms with Crippen molar-refractivity contribution in [3.8, 4) is 0 Å². The SMILES string of the molecule is CC1=NC2=C(C(=O)CC(c3ccccc3)C2)C(c2ccc(Cl)c(Cl)c2)C1C(=O)OC1CCCCC1. The summed E-state index contributed by atoms with van der Waals surface area (Å²) in [6.45, 7) is 1.87. The number of carbonyl (C=O) groups excluding carboxylic acids is 2. The summed E-state index contributed by atoms with van der Waals surface area (Å²) in [4.78, 5) is 32.1. The lowest BCUT2D eigenvalue weighted by Gasteiger charge is -2.37. The molecule has 1 aliphatic heterocycles. The first-order chi connectivity index (χ1) is 16.9. The predicted molar refractivity (Wildman–Crippen MR) is 139 cm³/mol. The Kier molecular flexibility index (Phi) is 7.13. The van der Waals surface area contributed by atoms with E-state index in [4.69, 9.17) is 32.9 Å². The third-order valence-corrected chi connectivity index (χ3v) is 8.29. The number of carbonyl (C=O) groups is 2. The first-order valence-electron chi connectivity index (χ1n) is 12.4. The van der Waals surface area contributed by atoms with Crippen molar-refractivity contribution in [3.63, 3.8) is 0 Å². The summed E-state index contributed by atoms with van der Waals surface area (Å²) in [5, 5.41) is 0.836. The molecule has 3 unspecified atom stereocenters. The largest absolute Gasteiger partial charge is 0.462 e. The maximum atomic E-state index is 13.7. The second kappa shape index (κ2) is 10.3. The number of esters is 1. The number of benzene rings is 2. The van der Waals surface area contributed by atoms with E-state index in [-0.39, 0.29) is 23.8 Å². The second-order valence-electron chi connectivity index (χ2n) is 9.88. The quantitative estimate of drug-likeness (QED) is 0.402. The average molecular weight is 510 g/mol. The molecule has 1 fully saturated rings. The predicted octanol–water partition coefficient (Wildman–Crippen LogP) is 7.44. The van der Waals surface area contributed by atoms with E-state index in [0.717, 1.165) is 42.5 Å². The molecule has 2 aromatic rings. The lowest BCUT2D eigenvalue weighted by atomic mass is 9.69. The first-order valence-corrected chi connectivity index (χ1v) is 13.2. The fourth-order valence-electron chi connectivity index (χ4n) is 5.81. The van der Waals surface area contributed by atoms with Crippen LogP contribution in [0.2, 0.25) is 10.0 Å². The van der Waals surface area contributed by atoms with Crippen LogP contribution < -0.4 is 0 Å². The Morgan fingerprint density at radius 3 is 2.40 bits per heavy atom. The molecule has 0 saturated heterocycles. The van der Waals surface area contributed by atoms with Crippen molar-refractivity contribution < 1.29 is 14.3 Å². The third kappa shape index (κ3) is 4.96. The summed E-state index contributed by atoms with van der Waals surface area (Å²) in [7, 11) is 0. The number of allylic oxidation sites excluding steroid dienone is 2. The van der Waals surface area contributed by atoms with Crippen LogP contribution in [0.25, 0.3) is 0 Å². The van der Waals surface area contributed by atoms with Gasteiger partial charge in [-0.15, -0.1) is 0 Å².